The molecule has 112 valence electrons. The highest BCUT2D eigenvalue weighted by atomic mass is 16.3. The van der Waals surface area contributed by atoms with Crippen molar-refractivity contribution in [3.8, 4) is 0 Å². The Morgan fingerprint density at radius 1 is 1.19 bits per heavy atom. The average Bonchev–Trinajstić information content (AvgIpc) is 3.06. The van der Waals surface area contributed by atoms with Gasteiger partial charge in [-0.2, -0.15) is 0 Å². The van der Waals surface area contributed by atoms with Gasteiger partial charge in [0.05, 0.1) is 11.5 Å². The van der Waals surface area contributed by atoms with Gasteiger partial charge in [-0.3, -0.25) is 4.79 Å². The van der Waals surface area contributed by atoms with Crippen molar-refractivity contribution in [3.05, 3.63) is 29.8 Å². The first-order valence-corrected chi connectivity index (χ1v) is 7.94. The summed E-state index contributed by atoms with van der Waals surface area (Å²) in [5.74, 6) is 1.07. The number of rotatable bonds is 2. The molecule has 21 heavy (non-hydrogen) atoms. The molecule has 4 nitrogen and oxygen atoms in total. The van der Waals surface area contributed by atoms with Gasteiger partial charge in [0.2, 0.25) is 5.91 Å². The van der Waals surface area contributed by atoms with Crippen molar-refractivity contribution < 1.29 is 9.90 Å². The van der Waals surface area contributed by atoms with Crippen LogP contribution in [-0.4, -0.2) is 35.1 Å². The minimum atomic E-state index is -0.308. The topological polar surface area (TPSA) is 66.6 Å². The Balaban J connectivity index is 1.54. The summed E-state index contributed by atoms with van der Waals surface area (Å²) in [6.45, 7) is 1.57. The molecule has 3 N–H and O–H groups in total. The molecule has 1 aromatic rings. The van der Waals surface area contributed by atoms with E-state index in [0.29, 0.717) is 11.8 Å². The van der Waals surface area contributed by atoms with Crippen LogP contribution in [0.2, 0.25) is 0 Å². The van der Waals surface area contributed by atoms with Crippen LogP contribution in [0.25, 0.3) is 0 Å². The molecule has 1 aliphatic heterocycles. The molecular formula is C17H22N2O2. The number of hydrogen-bond donors (Lipinski definition) is 2. The first-order valence-electron chi connectivity index (χ1n) is 7.94. The number of anilines is 1. The first-order chi connectivity index (χ1) is 10.1. The van der Waals surface area contributed by atoms with E-state index in [0.717, 1.165) is 50.0 Å². The van der Waals surface area contributed by atoms with E-state index in [1.807, 2.05) is 29.2 Å². The summed E-state index contributed by atoms with van der Waals surface area (Å²) in [6.07, 6.45) is 3.62. The zero-order valence-electron chi connectivity index (χ0n) is 12.2. The summed E-state index contributed by atoms with van der Waals surface area (Å²) < 4.78 is 0. The monoisotopic (exact) mass is 286 g/mol. The maximum atomic E-state index is 13.0. The number of likely N-dealkylation sites (tertiary alicyclic amines) is 1. The lowest BCUT2D eigenvalue weighted by molar-refractivity contribution is -0.133. The summed E-state index contributed by atoms with van der Waals surface area (Å²) in [7, 11) is 0. The molecule has 0 aromatic heterocycles. The van der Waals surface area contributed by atoms with E-state index in [-0.39, 0.29) is 17.4 Å². The van der Waals surface area contributed by atoms with Crippen LogP contribution in [0.1, 0.15) is 31.2 Å². The molecule has 2 aliphatic carbocycles. The normalized spacial score (nSPS) is 33.0. The van der Waals surface area contributed by atoms with Crippen molar-refractivity contribution in [1.82, 2.24) is 4.90 Å². The third kappa shape index (κ3) is 1.96. The van der Waals surface area contributed by atoms with Crippen LogP contribution < -0.4 is 5.73 Å². The van der Waals surface area contributed by atoms with E-state index < -0.39 is 0 Å². The summed E-state index contributed by atoms with van der Waals surface area (Å²) in [6, 6.07) is 7.74. The van der Waals surface area contributed by atoms with E-state index in [1.54, 1.807) is 0 Å². The van der Waals surface area contributed by atoms with Crippen LogP contribution in [0.4, 0.5) is 5.69 Å². The van der Waals surface area contributed by atoms with E-state index in [2.05, 4.69) is 0 Å². The summed E-state index contributed by atoms with van der Waals surface area (Å²) in [5.41, 5.74) is 7.27. The Morgan fingerprint density at radius 3 is 2.52 bits per heavy atom. The minimum absolute atomic E-state index is 0.209. The van der Waals surface area contributed by atoms with Crippen LogP contribution in [-0.2, 0) is 10.2 Å². The minimum Gasteiger partial charge on any atom is -0.399 e. The van der Waals surface area contributed by atoms with Gasteiger partial charge in [-0.05, 0) is 49.3 Å². The van der Waals surface area contributed by atoms with E-state index in [1.165, 1.54) is 0 Å². The Bertz CT molecular complexity index is 565. The predicted octanol–water partition coefficient (Wildman–Crippen LogP) is 1.53. The molecule has 1 heterocycles. The fraction of sp³-hybridized carbons (Fsp3) is 0.588. The summed E-state index contributed by atoms with van der Waals surface area (Å²) in [5, 5.41) is 10.0. The highest BCUT2D eigenvalue weighted by molar-refractivity contribution is 5.91. The van der Waals surface area contributed by atoms with Gasteiger partial charge in [-0.15, -0.1) is 0 Å². The summed E-state index contributed by atoms with van der Waals surface area (Å²) in [4.78, 5) is 15.0. The van der Waals surface area contributed by atoms with E-state index in [9.17, 15) is 9.90 Å². The lowest BCUT2D eigenvalue weighted by Gasteiger charge is -2.25. The highest BCUT2D eigenvalue weighted by Crippen LogP contribution is 2.51. The largest absolute Gasteiger partial charge is 0.399 e. The molecule has 0 spiro atoms. The van der Waals surface area contributed by atoms with Crippen molar-refractivity contribution in [2.75, 3.05) is 18.8 Å². The molecule has 1 aromatic carbocycles. The Morgan fingerprint density at radius 2 is 1.90 bits per heavy atom. The number of aliphatic hydroxyl groups excluding tert-OH is 1. The van der Waals surface area contributed by atoms with Crippen molar-refractivity contribution in [2.45, 2.75) is 37.2 Å². The van der Waals surface area contributed by atoms with Gasteiger partial charge in [0.1, 0.15) is 0 Å². The molecular weight excluding hydrogens is 264 g/mol. The quantitative estimate of drug-likeness (QED) is 0.810. The molecule has 1 amide bonds. The smallest absolute Gasteiger partial charge is 0.233 e. The summed E-state index contributed by atoms with van der Waals surface area (Å²) >= 11 is 0. The fourth-order valence-electron chi connectivity index (χ4n) is 4.26. The maximum absolute atomic E-state index is 13.0. The third-order valence-electron chi connectivity index (χ3n) is 5.73. The van der Waals surface area contributed by atoms with Gasteiger partial charge in [0.25, 0.3) is 0 Å². The maximum Gasteiger partial charge on any atom is 0.233 e. The Labute approximate surface area is 124 Å². The van der Waals surface area contributed by atoms with Crippen molar-refractivity contribution in [3.63, 3.8) is 0 Å². The molecule has 4 rings (SSSR count). The van der Waals surface area contributed by atoms with Gasteiger partial charge in [-0.1, -0.05) is 12.1 Å². The number of carbonyl (C=O) groups is 1. The lowest BCUT2D eigenvalue weighted by atomic mass is 9.94. The molecule has 3 unspecified atom stereocenters. The van der Waals surface area contributed by atoms with Crippen LogP contribution >= 0.6 is 0 Å². The van der Waals surface area contributed by atoms with Gasteiger partial charge >= 0.3 is 0 Å². The molecule has 1 saturated heterocycles. The molecule has 3 atom stereocenters. The Hall–Kier alpha value is -1.55. The number of hydrogen-bond acceptors (Lipinski definition) is 3. The predicted molar refractivity (Wildman–Crippen MR) is 80.6 cm³/mol. The number of nitrogens with zero attached hydrogens (tertiary/aromatic N) is 1. The molecule has 3 aliphatic rings. The molecule has 4 heteroatoms. The van der Waals surface area contributed by atoms with Gasteiger partial charge in [0.15, 0.2) is 0 Å². The van der Waals surface area contributed by atoms with Crippen LogP contribution in [0.15, 0.2) is 24.3 Å². The third-order valence-corrected chi connectivity index (χ3v) is 5.73. The zero-order valence-corrected chi connectivity index (χ0v) is 12.2. The number of carbonyl (C=O) groups excluding carboxylic acids is 1. The second kappa shape index (κ2) is 4.47. The second-order valence-corrected chi connectivity index (χ2v) is 6.98. The van der Waals surface area contributed by atoms with Crippen LogP contribution in [0, 0.1) is 11.8 Å². The number of aliphatic hydroxyl groups is 1. The van der Waals surface area contributed by atoms with Crippen molar-refractivity contribution >= 4 is 11.6 Å². The second-order valence-electron chi connectivity index (χ2n) is 6.98. The van der Waals surface area contributed by atoms with E-state index in [4.69, 9.17) is 5.73 Å². The number of nitrogen functional groups attached to an aromatic ring is 1. The first kappa shape index (κ1) is 13.1. The van der Waals surface area contributed by atoms with Crippen molar-refractivity contribution in [1.29, 1.82) is 0 Å². The van der Waals surface area contributed by atoms with Gasteiger partial charge < -0.3 is 15.7 Å². The highest BCUT2D eigenvalue weighted by Gasteiger charge is 2.55. The van der Waals surface area contributed by atoms with Crippen molar-refractivity contribution in [2.24, 2.45) is 11.8 Å². The van der Waals surface area contributed by atoms with Gasteiger partial charge in [-0.25, -0.2) is 0 Å². The zero-order chi connectivity index (χ0) is 14.6. The molecule has 2 saturated carbocycles. The SMILES string of the molecule is Nc1ccc(C2(C(=O)N3CC4CCC(O)C4C3)CC2)cc1. The fourth-order valence-corrected chi connectivity index (χ4v) is 4.26. The number of nitrogens with two attached hydrogens (primary N) is 1. The number of benzene rings is 1. The van der Waals surface area contributed by atoms with Gasteiger partial charge in [0, 0.05) is 24.7 Å². The molecule has 3 fully saturated rings. The van der Waals surface area contributed by atoms with Crippen LogP contribution in [0.3, 0.4) is 0 Å². The number of fused-ring (bicyclic) bond motifs is 1. The standard InChI is InChI=1S/C17H22N2O2/c18-13-4-2-12(3-5-13)17(7-8-17)16(21)19-9-11-1-6-15(20)14(11)10-19/h2-5,11,14-15,20H,1,6-10,18H2. The van der Waals surface area contributed by atoms with E-state index >= 15 is 0 Å². The molecule has 0 radical (unpaired) electrons. The molecule has 0 bridgehead atoms. The average molecular weight is 286 g/mol. The number of amides is 1. The lowest BCUT2D eigenvalue weighted by Crippen LogP contribution is -2.39. The van der Waals surface area contributed by atoms with Crippen LogP contribution in [0.5, 0.6) is 0 Å². The Kier molecular flexibility index (Phi) is 2.80.